The Morgan fingerprint density at radius 1 is 1.04 bits per heavy atom. The molecule has 9 atom stereocenters. The van der Waals surface area contributed by atoms with Crippen LogP contribution in [-0.4, -0.2) is 116 Å². The summed E-state index contributed by atoms with van der Waals surface area (Å²) in [6.07, 6.45) is -8.89. The van der Waals surface area contributed by atoms with E-state index in [2.05, 4.69) is 36.8 Å². The Morgan fingerprint density at radius 2 is 1.73 bits per heavy atom. The van der Waals surface area contributed by atoms with Gasteiger partial charge >= 0.3 is 72.6 Å². The van der Waals surface area contributed by atoms with Crippen molar-refractivity contribution < 1.29 is 116 Å². The molecule has 2 aliphatic rings. The van der Waals surface area contributed by atoms with Crippen LogP contribution < -0.4 is 96.7 Å². The number of hydrogen-bond acceptors (Lipinski definition) is 20. The zero-order valence-corrected chi connectivity index (χ0v) is 34.3. The molecule has 5 heterocycles. The molecule has 23 nitrogen and oxygen atoms in total. The van der Waals surface area contributed by atoms with Crippen molar-refractivity contribution in [1.82, 2.24) is 34.2 Å². The Bertz CT molecular complexity index is 1850. The van der Waals surface area contributed by atoms with Gasteiger partial charge < -0.3 is 54.9 Å². The minimum Gasteiger partial charge on any atom is -0.812 e. The second-order valence-electron chi connectivity index (χ2n) is 10.6. The first kappa shape index (κ1) is 44.6. The maximum absolute atomic E-state index is 14.3. The topological polar surface area (TPSA) is 331 Å². The summed E-state index contributed by atoms with van der Waals surface area (Å²) in [6.45, 7) is -6.20. The third-order valence-corrected chi connectivity index (χ3v) is 9.83. The van der Waals surface area contributed by atoms with E-state index in [1.54, 1.807) is 0 Å². The molecule has 2 saturated heterocycles. The fourth-order valence-corrected chi connectivity index (χ4v) is 7.21. The number of anilines is 2. The second kappa shape index (κ2) is 18.7. The molecule has 0 radical (unpaired) electrons. The first-order valence-electron chi connectivity index (χ1n) is 14.2. The normalized spacial score (nSPS) is 27.6. The molecule has 0 bridgehead atoms. The number of nitrogens with two attached hydrogens (primary N) is 2. The Morgan fingerprint density at radius 3 is 2.37 bits per heavy atom. The molecule has 5 rings (SSSR count). The van der Waals surface area contributed by atoms with Crippen LogP contribution in [0.25, 0.3) is 11.2 Å². The number of ether oxygens (including phenoxy) is 4. The Labute approximate surface area is 337 Å². The van der Waals surface area contributed by atoms with E-state index in [0.717, 1.165) is 4.57 Å². The van der Waals surface area contributed by atoms with Crippen molar-refractivity contribution in [2.45, 2.75) is 49.1 Å². The minimum atomic E-state index is -4.73. The number of aromatic nitrogens is 6. The van der Waals surface area contributed by atoms with Crippen molar-refractivity contribution in [3.05, 3.63) is 39.4 Å². The average molecular weight is 800 g/mol. The van der Waals surface area contributed by atoms with E-state index >= 15 is 0 Å². The van der Waals surface area contributed by atoms with Crippen LogP contribution in [0.5, 0.6) is 0 Å². The summed E-state index contributed by atoms with van der Waals surface area (Å²) in [5.74, 6) is -0.314. The molecule has 0 saturated carbocycles. The van der Waals surface area contributed by atoms with E-state index in [-0.39, 0.29) is 95.2 Å². The largest absolute Gasteiger partial charge is 1.00 e. The molecular weight excluding hydrogens is 766 g/mol. The molecule has 2 fully saturated rings. The van der Waals surface area contributed by atoms with Gasteiger partial charge in [0.1, 0.15) is 42.4 Å². The number of imidazole rings is 1. The number of nitrogens with one attached hydrogen (secondary N) is 2. The van der Waals surface area contributed by atoms with E-state index in [0.29, 0.717) is 0 Å². The van der Waals surface area contributed by atoms with Crippen LogP contribution in [0.4, 0.5) is 11.8 Å². The molecule has 272 valence electrons. The van der Waals surface area contributed by atoms with Crippen LogP contribution in [0.1, 0.15) is 12.5 Å². The average Bonchev–Trinajstić information content (AvgIpc) is 3.68. The van der Waals surface area contributed by atoms with Gasteiger partial charge in [0.25, 0.3) is 5.56 Å². The fourth-order valence-electron chi connectivity index (χ4n) is 5.18. The molecular formula is C23H33N9Na2O14P2S. The van der Waals surface area contributed by atoms with Gasteiger partial charge in [-0.15, -0.1) is 11.8 Å². The van der Waals surface area contributed by atoms with Gasteiger partial charge in [0.05, 0.1) is 26.1 Å². The number of nitrogen functional groups attached to an aromatic ring is 2. The minimum absolute atomic E-state index is 0. The van der Waals surface area contributed by atoms with Gasteiger partial charge in [-0.05, 0) is 6.07 Å². The molecule has 8 N–H and O–H groups in total. The molecule has 51 heavy (non-hydrogen) atoms. The third kappa shape index (κ3) is 10.5. The standard InChI is InChI=1S/C23H35N9O14P2S.2Na/c1-40-6-4-27-47(37,42-7-10-14(33)15(34)20(44-10)31-5-3-12(24)28-23(31)36)46-16-11(8-43-48(38,39)49)45-21(17(16)41-2)32-9-26-13-18(32)29-22(25)30-19(13)35;;/h3,5,9-11,14-17,20-21,33-34H,4,6-8H2,1-2H3,(H,27,37)(H2,24,28,36)(H2,38,39,49)(H3,25,29,30,35);;/q;2*+1/p-2/t10-,11-,14-,15-,16-,17-,20-,21-,47+;;/m1../s1. The third-order valence-electron chi connectivity index (χ3n) is 7.42. The summed E-state index contributed by atoms with van der Waals surface area (Å²) >= 11 is 4.36. The number of hydrogen-bond donors (Lipinski definition) is 6. The number of aliphatic hydroxyl groups excluding tert-OH is 2. The number of rotatable bonds is 15. The molecule has 0 spiro atoms. The molecule has 2 aliphatic heterocycles. The maximum atomic E-state index is 14.3. The molecule has 0 amide bonds. The smallest absolute Gasteiger partial charge is 0.812 e. The Hall–Kier alpha value is -0.770. The van der Waals surface area contributed by atoms with Gasteiger partial charge in [0.15, 0.2) is 23.6 Å². The van der Waals surface area contributed by atoms with Gasteiger partial charge in [0.2, 0.25) is 5.95 Å². The molecule has 0 unspecified atom stereocenters. The van der Waals surface area contributed by atoms with E-state index < -0.39 is 88.0 Å². The summed E-state index contributed by atoms with van der Waals surface area (Å²) in [5.41, 5.74) is 9.60. The summed E-state index contributed by atoms with van der Waals surface area (Å²) < 4.78 is 55.3. The number of nitrogens with zero attached hydrogens (tertiary/aromatic N) is 5. The van der Waals surface area contributed by atoms with Crippen LogP contribution in [0, 0.1) is 0 Å². The predicted molar refractivity (Wildman–Crippen MR) is 165 cm³/mol. The van der Waals surface area contributed by atoms with Crippen molar-refractivity contribution in [1.29, 1.82) is 0 Å². The van der Waals surface area contributed by atoms with Crippen molar-refractivity contribution >= 4 is 49.2 Å². The zero-order valence-electron chi connectivity index (χ0n) is 27.7. The Kier molecular flexibility index (Phi) is 16.4. The number of aliphatic hydroxyl groups is 2. The van der Waals surface area contributed by atoms with E-state index in [1.807, 2.05) is 0 Å². The zero-order chi connectivity index (χ0) is 35.7. The van der Waals surface area contributed by atoms with E-state index in [9.17, 15) is 34.2 Å². The first-order chi connectivity index (χ1) is 23.1. The van der Waals surface area contributed by atoms with E-state index in [4.69, 9.17) is 44.0 Å². The number of H-pyrrole nitrogens is 1. The SMILES string of the molecule is COCCN[P@](=O)(OC[C@H]1O[C@@H](n2ccc(N)nc2=O)[C@H](O)[C@@H]1O)O[C@H]1[C@@H](OC)[C@H](n2cnc3c(=O)[nH]c(N)nc32)O[C@@H]1COP([O-])([O-])=S.[Na+].[Na+]. The molecule has 28 heteroatoms. The predicted octanol–water partition coefficient (Wildman–Crippen LogP) is -10.2. The molecule has 0 aromatic carbocycles. The molecule has 3 aromatic heterocycles. The number of aromatic amines is 1. The first-order valence-corrected chi connectivity index (χ1v) is 18.3. The second-order valence-corrected chi connectivity index (χ2v) is 14.9. The summed E-state index contributed by atoms with van der Waals surface area (Å²) in [4.78, 5) is 62.3. The van der Waals surface area contributed by atoms with Crippen molar-refractivity contribution in [3.8, 4) is 0 Å². The van der Waals surface area contributed by atoms with Crippen molar-refractivity contribution in [2.24, 2.45) is 0 Å². The maximum Gasteiger partial charge on any atom is 1.00 e. The van der Waals surface area contributed by atoms with Gasteiger partial charge in [-0.3, -0.25) is 28.0 Å². The quantitative estimate of drug-likeness (QED) is 0.0472. The van der Waals surface area contributed by atoms with Crippen LogP contribution in [0.2, 0.25) is 0 Å². The van der Waals surface area contributed by atoms with Crippen LogP contribution >= 0.6 is 14.5 Å². The van der Waals surface area contributed by atoms with Gasteiger partial charge in [-0.25, -0.2) is 19.4 Å². The van der Waals surface area contributed by atoms with Crippen molar-refractivity contribution in [2.75, 3.05) is 52.1 Å². The molecule has 0 aliphatic carbocycles. The number of fused-ring (bicyclic) bond motifs is 1. The number of methoxy groups -OCH3 is 2. The monoisotopic (exact) mass is 799 g/mol. The Balaban J connectivity index is 0.00000351. The van der Waals surface area contributed by atoms with Crippen molar-refractivity contribution in [3.63, 3.8) is 0 Å². The van der Waals surface area contributed by atoms with Crippen LogP contribution in [0.15, 0.2) is 28.2 Å². The summed E-state index contributed by atoms with van der Waals surface area (Å²) in [6, 6.07) is 1.28. The summed E-state index contributed by atoms with van der Waals surface area (Å²) in [5, 5.41) is 23.9. The van der Waals surface area contributed by atoms with E-state index in [1.165, 1.54) is 37.4 Å². The van der Waals surface area contributed by atoms with Crippen LogP contribution in [-0.2, 0) is 48.9 Å². The van der Waals surface area contributed by atoms with Gasteiger partial charge in [0, 0.05) is 27.0 Å². The summed E-state index contributed by atoms with van der Waals surface area (Å²) in [7, 11) is -1.89. The van der Waals surface area contributed by atoms with Gasteiger partial charge in [-0.1, -0.05) is 6.72 Å². The van der Waals surface area contributed by atoms with Gasteiger partial charge in [-0.2, -0.15) is 9.97 Å². The fraction of sp³-hybridized carbons (Fsp3) is 0.609. The van der Waals surface area contributed by atoms with Crippen LogP contribution in [0.3, 0.4) is 0 Å². The molecule has 3 aromatic rings.